The smallest absolute Gasteiger partial charge is 0 e. The van der Waals surface area contributed by atoms with E-state index in [0.29, 0.717) is 0 Å². The first-order valence-electron chi connectivity index (χ1n) is 13.9. The Morgan fingerprint density at radius 3 is 0.935 bits per heavy atom. The topological polar surface area (TPSA) is 0 Å². The van der Waals surface area contributed by atoms with Crippen molar-refractivity contribution in [3.63, 3.8) is 0 Å². The van der Waals surface area contributed by atoms with Gasteiger partial charge in [-0.05, 0) is 36.8 Å². The molecule has 2 radical (unpaired) electrons. The monoisotopic (exact) mass is 438 g/mol. The molecule has 0 spiro atoms. The molecule has 1 aromatic carbocycles. The lowest BCUT2D eigenvalue weighted by atomic mass is 9.96. The number of aryl methyl sites for hydroxylation is 2. The molecule has 1 rings (SSSR count). The molecule has 31 heavy (non-hydrogen) atoms. The zero-order valence-electron chi connectivity index (χ0n) is 21.6. The van der Waals surface area contributed by atoms with Crippen molar-refractivity contribution in [2.45, 2.75) is 155 Å². The maximum Gasteiger partial charge on any atom is 0 e. The molecule has 0 unspecified atom stereocenters. The van der Waals surface area contributed by atoms with Gasteiger partial charge in [0.25, 0.3) is 0 Å². The highest BCUT2D eigenvalue weighted by Gasteiger charge is 2.02. The second-order valence-electron chi connectivity index (χ2n) is 9.63. The number of unbranched alkanes of at least 4 members (excludes halogenated alkanes) is 18. The van der Waals surface area contributed by atoms with Gasteiger partial charge in [-0.15, -0.1) is 0 Å². The van der Waals surface area contributed by atoms with Crippen LogP contribution in [0.4, 0.5) is 0 Å². The van der Waals surface area contributed by atoms with Gasteiger partial charge in [-0.2, -0.15) is 0 Å². The molecule has 0 aliphatic rings. The highest BCUT2D eigenvalue weighted by Crippen LogP contribution is 2.18. The highest BCUT2D eigenvalue weighted by atomic mass is 24.3. The van der Waals surface area contributed by atoms with Gasteiger partial charge >= 0.3 is 0 Å². The fraction of sp³-hybridized carbons (Fsp3) is 0.800. The lowest BCUT2D eigenvalue weighted by molar-refractivity contribution is 0.553. The van der Waals surface area contributed by atoms with Gasteiger partial charge in [0.15, 0.2) is 0 Å². The lowest BCUT2D eigenvalue weighted by Crippen LogP contribution is -1.95. The van der Waals surface area contributed by atoms with Gasteiger partial charge in [-0.3, -0.25) is 0 Å². The zero-order valence-corrected chi connectivity index (χ0v) is 23.0. The van der Waals surface area contributed by atoms with Crippen LogP contribution in [0.5, 0.6) is 0 Å². The Labute approximate surface area is 212 Å². The highest BCUT2D eigenvalue weighted by molar-refractivity contribution is 5.75. The average molecular weight is 439 g/mol. The van der Waals surface area contributed by atoms with Crippen LogP contribution in [0.1, 0.15) is 153 Å². The van der Waals surface area contributed by atoms with Gasteiger partial charge in [0.2, 0.25) is 0 Å². The van der Waals surface area contributed by atoms with Crippen molar-refractivity contribution in [1.82, 2.24) is 0 Å². The minimum Gasteiger partial charge on any atom is -0.0654 e. The lowest BCUT2D eigenvalue weighted by Gasteiger charge is -2.10. The fourth-order valence-electron chi connectivity index (χ4n) is 4.65. The minimum atomic E-state index is 0. The van der Waals surface area contributed by atoms with Crippen LogP contribution in [-0.2, 0) is 12.8 Å². The molecule has 1 heteroatoms. The van der Waals surface area contributed by atoms with E-state index in [9.17, 15) is 0 Å². The first-order chi connectivity index (χ1) is 14.9. The van der Waals surface area contributed by atoms with Gasteiger partial charge in [0.05, 0.1) is 0 Å². The molecule has 0 saturated heterocycles. The third-order valence-electron chi connectivity index (χ3n) is 6.72. The van der Waals surface area contributed by atoms with Crippen LogP contribution in [0.15, 0.2) is 24.3 Å². The summed E-state index contributed by atoms with van der Waals surface area (Å²) >= 11 is 0. The first kappa shape index (κ1) is 31.0. The Bertz CT molecular complexity index is 424. The zero-order chi connectivity index (χ0) is 21.5. The van der Waals surface area contributed by atoms with Crippen LogP contribution in [0.25, 0.3) is 0 Å². The Hall–Kier alpha value is -0.0138. The van der Waals surface area contributed by atoms with E-state index in [-0.39, 0.29) is 23.1 Å². The molecule has 0 atom stereocenters. The normalized spacial score (nSPS) is 10.9. The molecule has 0 N–H and O–H groups in total. The van der Waals surface area contributed by atoms with E-state index in [4.69, 9.17) is 0 Å². The molecule has 0 aliphatic heterocycles. The largest absolute Gasteiger partial charge is 0.0654 e. The molecule has 0 saturated carbocycles. The Morgan fingerprint density at radius 2 is 0.645 bits per heavy atom. The van der Waals surface area contributed by atoms with Crippen LogP contribution in [-0.4, -0.2) is 23.1 Å². The average Bonchev–Trinajstić information content (AvgIpc) is 2.77. The standard InChI is InChI=1S/C30H54.Mg/c1-3-5-7-9-11-13-15-17-19-21-25-29-27-23-24-28-30(29)26-22-20-18-16-14-12-10-8-6-4-2;/h23-24,27-28H,3-22,25-26H2,1-2H3;. The van der Waals surface area contributed by atoms with Crippen molar-refractivity contribution in [2.24, 2.45) is 0 Å². The van der Waals surface area contributed by atoms with E-state index >= 15 is 0 Å². The van der Waals surface area contributed by atoms with E-state index in [2.05, 4.69) is 38.1 Å². The second-order valence-corrected chi connectivity index (χ2v) is 9.63. The summed E-state index contributed by atoms with van der Waals surface area (Å²) in [6.07, 6.45) is 31.2. The van der Waals surface area contributed by atoms with Gasteiger partial charge in [-0.25, -0.2) is 0 Å². The molecule has 0 bridgehead atoms. The summed E-state index contributed by atoms with van der Waals surface area (Å²) in [6.45, 7) is 4.60. The van der Waals surface area contributed by atoms with Crippen LogP contribution < -0.4 is 0 Å². The molecule has 0 amide bonds. The van der Waals surface area contributed by atoms with Gasteiger partial charge in [0, 0.05) is 23.1 Å². The van der Waals surface area contributed by atoms with Crippen molar-refractivity contribution in [3.05, 3.63) is 35.4 Å². The molecule has 176 valence electrons. The summed E-state index contributed by atoms with van der Waals surface area (Å²) in [5.41, 5.74) is 3.26. The molecule has 0 nitrogen and oxygen atoms in total. The van der Waals surface area contributed by atoms with E-state index in [1.54, 1.807) is 11.1 Å². The van der Waals surface area contributed by atoms with Crippen molar-refractivity contribution in [3.8, 4) is 0 Å². The molecule has 0 fully saturated rings. The molecular formula is C30H54Mg. The number of hydrogen-bond donors (Lipinski definition) is 0. The van der Waals surface area contributed by atoms with E-state index in [1.165, 1.54) is 141 Å². The predicted octanol–water partition coefficient (Wildman–Crippen LogP) is 10.2. The van der Waals surface area contributed by atoms with Crippen molar-refractivity contribution < 1.29 is 0 Å². The van der Waals surface area contributed by atoms with Crippen molar-refractivity contribution >= 4 is 23.1 Å². The van der Waals surface area contributed by atoms with Crippen LogP contribution in [0.2, 0.25) is 0 Å². The number of hydrogen-bond acceptors (Lipinski definition) is 0. The van der Waals surface area contributed by atoms with Crippen LogP contribution in [0.3, 0.4) is 0 Å². The van der Waals surface area contributed by atoms with Gasteiger partial charge in [0.1, 0.15) is 0 Å². The van der Waals surface area contributed by atoms with Gasteiger partial charge < -0.3 is 0 Å². The fourth-order valence-corrected chi connectivity index (χ4v) is 4.65. The summed E-state index contributed by atoms with van der Waals surface area (Å²) in [6, 6.07) is 9.26. The predicted molar refractivity (Wildman–Crippen MR) is 143 cm³/mol. The summed E-state index contributed by atoms with van der Waals surface area (Å²) in [5, 5.41) is 0. The van der Waals surface area contributed by atoms with Crippen molar-refractivity contribution in [2.75, 3.05) is 0 Å². The molecule has 0 aliphatic carbocycles. The first-order valence-corrected chi connectivity index (χ1v) is 13.9. The molecule has 1 aromatic rings. The Balaban J connectivity index is 0.00000900. The quantitative estimate of drug-likeness (QED) is 0.125. The summed E-state index contributed by atoms with van der Waals surface area (Å²) in [5.74, 6) is 0. The Kier molecular flexibility index (Phi) is 24.6. The third-order valence-corrected chi connectivity index (χ3v) is 6.72. The maximum atomic E-state index is 2.39. The molecule has 0 aromatic heterocycles. The summed E-state index contributed by atoms with van der Waals surface area (Å²) in [7, 11) is 0. The number of benzene rings is 1. The summed E-state index contributed by atoms with van der Waals surface area (Å²) < 4.78 is 0. The van der Waals surface area contributed by atoms with Gasteiger partial charge in [-0.1, -0.05) is 154 Å². The van der Waals surface area contributed by atoms with Crippen molar-refractivity contribution in [1.29, 1.82) is 0 Å². The Morgan fingerprint density at radius 1 is 0.387 bits per heavy atom. The van der Waals surface area contributed by atoms with E-state index < -0.39 is 0 Å². The van der Waals surface area contributed by atoms with E-state index in [1.807, 2.05) is 0 Å². The summed E-state index contributed by atoms with van der Waals surface area (Å²) in [4.78, 5) is 0. The molecular weight excluding hydrogens is 385 g/mol. The third kappa shape index (κ3) is 19.2. The van der Waals surface area contributed by atoms with Crippen LogP contribution >= 0.6 is 0 Å². The SMILES string of the molecule is CCCCCCCCCCCCc1ccccc1CCCCCCCCCCCC.[Mg]. The minimum absolute atomic E-state index is 0. The van der Waals surface area contributed by atoms with Crippen LogP contribution in [0, 0.1) is 0 Å². The second kappa shape index (κ2) is 24.6. The number of rotatable bonds is 22. The van der Waals surface area contributed by atoms with E-state index in [0.717, 1.165) is 0 Å². The maximum absolute atomic E-state index is 2.39. The molecule has 0 heterocycles.